The van der Waals surface area contributed by atoms with Crippen molar-refractivity contribution in [2.45, 2.75) is 38.6 Å². The Bertz CT molecular complexity index is 846. The zero-order valence-electron chi connectivity index (χ0n) is 14.6. The van der Waals surface area contributed by atoms with Gasteiger partial charge in [-0.05, 0) is 55.2 Å². The van der Waals surface area contributed by atoms with Gasteiger partial charge >= 0.3 is 6.03 Å². The largest absolute Gasteiger partial charge is 0.494 e. The van der Waals surface area contributed by atoms with Crippen LogP contribution in [0.5, 0.6) is 5.75 Å². The Hall–Kier alpha value is -2.56. The molecule has 2 amide bonds. The molecular formula is C20H21FN2O2. The Morgan fingerprint density at radius 1 is 1.24 bits per heavy atom. The Morgan fingerprint density at radius 2 is 1.96 bits per heavy atom. The number of nitrogens with one attached hydrogen (secondary N) is 1. The SMILES string of the molecule is CCOc1ccc2c3c1C(C)(C)C[C@@H]3N(c1ccc(F)cc1)C(=O)N2. The van der Waals surface area contributed by atoms with Crippen molar-refractivity contribution in [3.05, 3.63) is 53.3 Å². The molecule has 2 aliphatic rings. The van der Waals surface area contributed by atoms with E-state index < -0.39 is 0 Å². The zero-order chi connectivity index (χ0) is 17.8. The molecule has 0 saturated heterocycles. The smallest absolute Gasteiger partial charge is 0.326 e. The van der Waals surface area contributed by atoms with E-state index in [0.29, 0.717) is 12.3 Å². The summed E-state index contributed by atoms with van der Waals surface area (Å²) in [5, 5.41) is 2.98. The highest BCUT2D eigenvalue weighted by atomic mass is 19.1. The Morgan fingerprint density at radius 3 is 2.64 bits per heavy atom. The van der Waals surface area contributed by atoms with Crippen molar-refractivity contribution in [3.63, 3.8) is 0 Å². The van der Waals surface area contributed by atoms with Crippen LogP contribution < -0.4 is 15.0 Å². The van der Waals surface area contributed by atoms with Crippen LogP contribution in [0.1, 0.15) is 44.4 Å². The highest BCUT2D eigenvalue weighted by Crippen LogP contribution is 2.56. The summed E-state index contributed by atoms with van der Waals surface area (Å²) in [4.78, 5) is 14.5. The monoisotopic (exact) mass is 340 g/mol. The maximum absolute atomic E-state index is 13.3. The lowest BCUT2D eigenvalue weighted by molar-refractivity contribution is 0.253. The number of halogens is 1. The van der Waals surface area contributed by atoms with Crippen LogP contribution in [0.2, 0.25) is 0 Å². The maximum Gasteiger partial charge on any atom is 0.326 e. The standard InChI is InChI=1S/C20H21FN2O2/c1-4-25-16-10-9-14-17-15(11-20(2,3)18(16)17)23(19(24)22-14)13-7-5-12(21)6-8-13/h5-10,15H,4,11H2,1-3H3,(H,22,24)/t15-/m0/s1. The molecule has 5 heteroatoms. The van der Waals surface area contributed by atoms with Gasteiger partial charge in [-0.15, -0.1) is 0 Å². The maximum atomic E-state index is 13.3. The van der Waals surface area contributed by atoms with Gasteiger partial charge in [0.15, 0.2) is 0 Å². The molecule has 1 aliphatic heterocycles. The van der Waals surface area contributed by atoms with E-state index >= 15 is 0 Å². The summed E-state index contributed by atoms with van der Waals surface area (Å²) in [6, 6.07) is 9.66. The average Bonchev–Trinajstić information content (AvgIpc) is 2.84. The quantitative estimate of drug-likeness (QED) is 0.854. The molecular weight excluding hydrogens is 319 g/mol. The van der Waals surface area contributed by atoms with Crippen molar-refractivity contribution in [1.82, 2.24) is 0 Å². The minimum atomic E-state index is -0.312. The minimum Gasteiger partial charge on any atom is -0.494 e. The van der Waals surface area contributed by atoms with Crippen molar-refractivity contribution >= 4 is 17.4 Å². The molecule has 0 spiro atoms. The molecule has 1 atom stereocenters. The van der Waals surface area contributed by atoms with Gasteiger partial charge in [0.05, 0.1) is 12.6 Å². The van der Waals surface area contributed by atoms with Gasteiger partial charge in [0.25, 0.3) is 0 Å². The third-order valence-electron chi connectivity index (χ3n) is 5.10. The third-order valence-corrected chi connectivity index (χ3v) is 5.10. The van der Waals surface area contributed by atoms with E-state index in [9.17, 15) is 9.18 Å². The fraction of sp³-hybridized carbons (Fsp3) is 0.350. The lowest BCUT2D eigenvalue weighted by atomic mass is 9.85. The van der Waals surface area contributed by atoms with E-state index in [1.807, 2.05) is 19.1 Å². The van der Waals surface area contributed by atoms with Crippen LogP contribution in [0.4, 0.5) is 20.6 Å². The highest BCUT2D eigenvalue weighted by molar-refractivity contribution is 6.06. The number of carbonyl (C=O) groups is 1. The van der Waals surface area contributed by atoms with Crippen molar-refractivity contribution in [1.29, 1.82) is 0 Å². The van der Waals surface area contributed by atoms with E-state index in [1.165, 1.54) is 12.1 Å². The molecule has 0 saturated carbocycles. The van der Waals surface area contributed by atoms with Crippen molar-refractivity contribution < 1.29 is 13.9 Å². The lowest BCUT2D eigenvalue weighted by Gasteiger charge is -2.35. The summed E-state index contributed by atoms with van der Waals surface area (Å²) in [5.41, 5.74) is 3.69. The van der Waals surface area contributed by atoms with Crippen LogP contribution in [-0.4, -0.2) is 12.6 Å². The number of nitrogens with zero attached hydrogens (tertiary/aromatic N) is 1. The van der Waals surface area contributed by atoms with Crippen LogP contribution >= 0.6 is 0 Å². The fourth-order valence-electron chi connectivity index (χ4n) is 4.15. The number of hydrogen-bond donors (Lipinski definition) is 1. The van der Waals surface area contributed by atoms with Gasteiger partial charge in [0.2, 0.25) is 0 Å². The Labute approximate surface area is 146 Å². The van der Waals surface area contributed by atoms with E-state index in [1.54, 1.807) is 17.0 Å². The summed E-state index contributed by atoms with van der Waals surface area (Å²) in [6.07, 6.45) is 0.796. The third kappa shape index (κ3) is 2.37. The van der Waals surface area contributed by atoms with Crippen LogP contribution in [0.15, 0.2) is 36.4 Å². The zero-order valence-corrected chi connectivity index (χ0v) is 14.6. The second-order valence-electron chi connectivity index (χ2n) is 7.21. The first-order chi connectivity index (χ1) is 11.9. The van der Waals surface area contributed by atoms with Crippen molar-refractivity contribution in [2.75, 3.05) is 16.8 Å². The molecule has 0 unspecified atom stereocenters. The second-order valence-corrected chi connectivity index (χ2v) is 7.21. The van der Waals surface area contributed by atoms with Crippen LogP contribution in [0.3, 0.4) is 0 Å². The molecule has 0 bridgehead atoms. The van der Waals surface area contributed by atoms with E-state index in [-0.39, 0.29) is 23.3 Å². The normalized spacial score (nSPS) is 20.2. The van der Waals surface area contributed by atoms with Gasteiger partial charge in [-0.2, -0.15) is 0 Å². The topological polar surface area (TPSA) is 41.6 Å². The molecule has 1 heterocycles. The van der Waals surface area contributed by atoms with E-state index in [0.717, 1.165) is 29.0 Å². The van der Waals surface area contributed by atoms with Gasteiger partial charge in [-0.3, -0.25) is 4.90 Å². The molecule has 0 radical (unpaired) electrons. The molecule has 4 rings (SSSR count). The molecule has 2 aromatic carbocycles. The first kappa shape index (κ1) is 15.9. The average molecular weight is 340 g/mol. The summed E-state index contributed by atoms with van der Waals surface area (Å²) in [7, 11) is 0. The number of amides is 2. The molecule has 2 aromatic rings. The van der Waals surface area contributed by atoms with Crippen LogP contribution in [0, 0.1) is 5.82 Å². The van der Waals surface area contributed by atoms with Crippen molar-refractivity contribution in [3.8, 4) is 5.75 Å². The molecule has 130 valence electrons. The van der Waals surface area contributed by atoms with Gasteiger partial charge in [0, 0.05) is 22.5 Å². The summed E-state index contributed by atoms with van der Waals surface area (Å²) < 4.78 is 19.2. The lowest BCUT2D eigenvalue weighted by Crippen LogP contribution is -2.41. The highest BCUT2D eigenvalue weighted by Gasteiger charge is 2.47. The van der Waals surface area contributed by atoms with Crippen LogP contribution in [0.25, 0.3) is 0 Å². The number of carbonyl (C=O) groups excluding carboxylic acids is 1. The number of urea groups is 1. The number of hydrogen-bond acceptors (Lipinski definition) is 2. The number of rotatable bonds is 3. The van der Waals surface area contributed by atoms with Crippen LogP contribution in [-0.2, 0) is 5.41 Å². The first-order valence-corrected chi connectivity index (χ1v) is 8.58. The summed E-state index contributed by atoms with van der Waals surface area (Å²) >= 11 is 0. The molecule has 1 N–H and O–H groups in total. The number of ether oxygens (including phenoxy) is 1. The molecule has 1 aliphatic carbocycles. The Balaban J connectivity index is 1.88. The van der Waals surface area contributed by atoms with Gasteiger partial charge in [-0.25, -0.2) is 9.18 Å². The summed E-state index contributed by atoms with van der Waals surface area (Å²) in [6.45, 7) is 6.92. The molecule has 25 heavy (non-hydrogen) atoms. The van der Waals surface area contributed by atoms with Gasteiger partial charge in [0.1, 0.15) is 11.6 Å². The molecule has 0 fully saturated rings. The predicted molar refractivity (Wildman–Crippen MR) is 95.9 cm³/mol. The Kier molecular flexibility index (Phi) is 3.49. The number of benzene rings is 2. The van der Waals surface area contributed by atoms with Crippen molar-refractivity contribution in [2.24, 2.45) is 0 Å². The molecule has 4 nitrogen and oxygen atoms in total. The number of anilines is 2. The predicted octanol–water partition coefficient (Wildman–Crippen LogP) is 5.00. The fourth-order valence-corrected chi connectivity index (χ4v) is 4.15. The molecule has 0 aromatic heterocycles. The second kappa shape index (κ2) is 5.48. The van der Waals surface area contributed by atoms with Gasteiger partial charge in [-0.1, -0.05) is 13.8 Å². The first-order valence-electron chi connectivity index (χ1n) is 8.58. The van der Waals surface area contributed by atoms with E-state index in [2.05, 4.69) is 19.2 Å². The summed E-state index contributed by atoms with van der Waals surface area (Å²) in [5.74, 6) is 0.566. The van der Waals surface area contributed by atoms with Gasteiger partial charge < -0.3 is 10.1 Å². The minimum absolute atomic E-state index is 0.0837. The van der Waals surface area contributed by atoms with E-state index in [4.69, 9.17) is 4.74 Å².